The Morgan fingerprint density at radius 2 is 2.23 bits per heavy atom. The molecule has 5 nitrogen and oxygen atoms in total. The van der Waals surface area contributed by atoms with Crippen molar-refractivity contribution in [1.82, 2.24) is 4.72 Å². The van der Waals surface area contributed by atoms with Crippen LogP contribution in [0.2, 0.25) is 0 Å². The predicted octanol–water partition coefficient (Wildman–Crippen LogP) is -0.144. The summed E-state index contributed by atoms with van der Waals surface area (Å²) in [6.45, 7) is 2.67. The minimum atomic E-state index is -3.25. The van der Waals surface area contributed by atoms with E-state index in [-0.39, 0.29) is 25.3 Å². The molecule has 0 saturated carbocycles. The number of nitrogens with one attached hydrogen (secondary N) is 1. The van der Waals surface area contributed by atoms with Gasteiger partial charge in [-0.1, -0.05) is 0 Å². The molecule has 13 heavy (non-hydrogen) atoms. The highest BCUT2D eigenvalue weighted by Gasteiger charge is 2.07. The third kappa shape index (κ3) is 7.71. The van der Waals surface area contributed by atoms with Crippen molar-refractivity contribution in [2.24, 2.45) is 0 Å². The Morgan fingerprint density at radius 1 is 1.54 bits per heavy atom. The molecule has 0 unspecified atom stereocenters. The van der Waals surface area contributed by atoms with Gasteiger partial charge in [0.2, 0.25) is 10.0 Å². The van der Waals surface area contributed by atoms with Gasteiger partial charge < -0.3 is 4.74 Å². The summed E-state index contributed by atoms with van der Waals surface area (Å²) in [6.07, 6.45) is 0.188. The van der Waals surface area contributed by atoms with Crippen LogP contribution in [0.5, 0.6) is 0 Å². The largest absolute Gasteiger partial charge is 0.381 e. The van der Waals surface area contributed by atoms with Crippen LogP contribution in [0.3, 0.4) is 0 Å². The van der Waals surface area contributed by atoms with Gasteiger partial charge in [0.25, 0.3) is 0 Å². The number of ether oxygens (including phenoxy) is 1. The maximum absolute atomic E-state index is 11.1. The van der Waals surface area contributed by atoms with Crippen molar-refractivity contribution in [2.45, 2.75) is 13.3 Å². The molecule has 0 aromatic rings. The van der Waals surface area contributed by atoms with E-state index >= 15 is 0 Å². The van der Waals surface area contributed by atoms with Crippen LogP contribution < -0.4 is 4.72 Å². The second-order valence-electron chi connectivity index (χ2n) is 2.32. The highest BCUT2D eigenvalue weighted by atomic mass is 32.2. The molecule has 0 saturated heterocycles. The fraction of sp³-hybridized carbons (Fsp3) is 0.857. The molecule has 76 valence electrons. The molecule has 0 aliphatic heterocycles. The van der Waals surface area contributed by atoms with Crippen LogP contribution in [-0.2, 0) is 14.8 Å². The molecular formula is C7H14N2O3S. The molecule has 0 atom stereocenters. The molecule has 0 aromatic carbocycles. The van der Waals surface area contributed by atoms with E-state index in [1.807, 2.05) is 6.07 Å². The van der Waals surface area contributed by atoms with Crippen molar-refractivity contribution >= 4 is 10.0 Å². The third-order valence-corrected chi connectivity index (χ3v) is 2.61. The maximum Gasteiger partial charge on any atom is 0.213 e. The van der Waals surface area contributed by atoms with Crippen LogP contribution in [-0.4, -0.2) is 33.9 Å². The van der Waals surface area contributed by atoms with Gasteiger partial charge in [0.1, 0.15) is 0 Å². The molecule has 1 N–H and O–H groups in total. The Morgan fingerprint density at radius 3 is 2.77 bits per heavy atom. The average molecular weight is 206 g/mol. The number of nitriles is 1. The highest BCUT2D eigenvalue weighted by molar-refractivity contribution is 7.89. The van der Waals surface area contributed by atoms with Crippen molar-refractivity contribution in [1.29, 1.82) is 5.26 Å². The molecule has 0 aliphatic carbocycles. The van der Waals surface area contributed by atoms with Gasteiger partial charge >= 0.3 is 0 Å². The van der Waals surface area contributed by atoms with Gasteiger partial charge in [0, 0.05) is 19.6 Å². The summed E-state index contributed by atoms with van der Waals surface area (Å²) < 4.78 is 29.3. The van der Waals surface area contributed by atoms with E-state index in [0.717, 1.165) is 0 Å². The van der Waals surface area contributed by atoms with E-state index < -0.39 is 10.0 Å². The van der Waals surface area contributed by atoms with Crippen molar-refractivity contribution in [3.8, 4) is 6.07 Å². The lowest BCUT2D eigenvalue weighted by Gasteiger charge is -2.04. The summed E-state index contributed by atoms with van der Waals surface area (Å²) in [7, 11) is -3.25. The first-order valence-corrected chi connectivity index (χ1v) is 5.69. The first-order valence-electron chi connectivity index (χ1n) is 4.04. The van der Waals surface area contributed by atoms with E-state index in [1.165, 1.54) is 0 Å². The van der Waals surface area contributed by atoms with Crippen LogP contribution in [0.1, 0.15) is 13.3 Å². The van der Waals surface area contributed by atoms with Crippen LogP contribution in [0.4, 0.5) is 0 Å². The molecular weight excluding hydrogens is 192 g/mol. The number of nitrogens with zero attached hydrogens (tertiary/aromatic N) is 1. The second-order valence-corrected chi connectivity index (χ2v) is 4.24. The van der Waals surface area contributed by atoms with Crippen molar-refractivity contribution < 1.29 is 13.2 Å². The molecule has 0 amide bonds. The molecule has 0 fully saturated rings. The molecule has 0 aliphatic rings. The van der Waals surface area contributed by atoms with Crippen molar-refractivity contribution in [3.05, 3.63) is 0 Å². The zero-order valence-corrected chi connectivity index (χ0v) is 8.43. The van der Waals surface area contributed by atoms with E-state index in [2.05, 4.69) is 4.72 Å². The Bertz CT molecular complexity index is 255. The van der Waals surface area contributed by atoms with E-state index in [4.69, 9.17) is 10.00 Å². The Labute approximate surface area is 78.7 Å². The van der Waals surface area contributed by atoms with Gasteiger partial charge in [-0.05, 0) is 6.92 Å². The summed E-state index contributed by atoms with van der Waals surface area (Å²) in [6, 6.07) is 1.85. The fourth-order valence-corrected chi connectivity index (χ4v) is 1.54. The normalized spacial score (nSPS) is 11.1. The van der Waals surface area contributed by atoms with Gasteiger partial charge in [0.05, 0.1) is 18.4 Å². The Kier molecular flexibility index (Phi) is 6.49. The van der Waals surface area contributed by atoms with Gasteiger partial charge in [-0.3, -0.25) is 0 Å². The number of hydrogen-bond acceptors (Lipinski definition) is 4. The molecule has 0 rings (SSSR count). The zero-order valence-electron chi connectivity index (χ0n) is 7.62. The number of hydrogen-bond donors (Lipinski definition) is 1. The first-order chi connectivity index (χ1) is 6.12. The number of rotatable bonds is 7. The molecule has 0 bridgehead atoms. The summed E-state index contributed by atoms with van der Waals surface area (Å²) in [5, 5.41) is 8.17. The minimum Gasteiger partial charge on any atom is -0.381 e. The van der Waals surface area contributed by atoms with Crippen LogP contribution in [0.15, 0.2) is 0 Å². The van der Waals surface area contributed by atoms with Gasteiger partial charge in [-0.2, -0.15) is 5.26 Å². The molecule has 0 radical (unpaired) electrons. The van der Waals surface area contributed by atoms with Crippen LogP contribution >= 0.6 is 0 Å². The van der Waals surface area contributed by atoms with Gasteiger partial charge in [-0.15, -0.1) is 0 Å². The second kappa shape index (κ2) is 6.83. The van der Waals surface area contributed by atoms with Gasteiger partial charge in [-0.25, -0.2) is 13.1 Å². The fourth-order valence-electron chi connectivity index (χ4n) is 0.648. The quantitative estimate of drug-likeness (QED) is 0.588. The lowest BCUT2D eigenvalue weighted by atomic mass is 10.5. The highest BCUT2D eigenvalue weighted by Crippen LogP contribution is 1.86. The van der Waals surface area contributed by atoms with E-state index in [0.29, 0.717) is 6.61 Å². The lowest BCUT2D eigenvalue weighted by Crippen LogP contribution is -2.29. The number of sulfonamides is 1. The Balaban J connectivity index is 3.63. The molecule has 0 heterocycles. The van der Waals surface area contributed by atoms with Crippen LogP contribution in [0, 0.1) is 11.3 Å². The van der Waals surface area contributed by atoms with E-state index in [9.17, 15) is 8.42 Å². The Hall–Kier alpha value is -0.640. The SMILES string of the molecule is CCOCCS(=O)(=O)NCCC#N. The van der Waals surface area contributed by atoms with Gasteiger partial charge in [0.15, 0.2) is 0 Å². The molecule has 6 heteroatoms. The zero-order chi connectivity index (χ0) is 10.2. The summed E-state index contributed by atoms with van der Waals surface area (Å²) >= 11 is 0. The standard InChI is InChI=1S/C7H14N2O3S/c1-2-12-6-7-13(10,11)9-5-3-4-8/h9H,2-3,5-7H2,1H3. The maximum atomic E-state index is 11.1. The topological polar surface area (TPSA) is 79.2 Å². The van der Waals surface area contributed by atoms with E-state index in [1.54, 1.807) is 6.92 Å². The molecule has 0 spiro atoms. The summed E-state index contributed by atoms with van der Waals surface area (Å²) in [5.74, 6) is -0.0493. The lowest BCUT2D eigenvalue weighted by molar-refractivity contribution is 0.163. The summed E-state index contributed by atoms with van der Waals surface area (Å²) in [4.78, 5) is 0. The van der Waals surface area contributed by atoms with Crippen molar-refractivity contribution in [2.75, 3.05) is 25.5 Å². The average Bonchev–Trinajstić information content (AvgIpc) is 2.05. The summed E-state index contributed by atoms with van der Waals surface area (Å²) in [5.41, 5.74) is 0. The predicted molar refractivity (Wildman–Crippen MR) is 48.5 cm³/mol. The van der Waals surface area contributed by atoms with Crippen LogP contribution in [0.25, 0.3) is 0 Å². The molecule has 0 aromatic heterocycles. The third-order valence-electron chi connectivity index (χ3n) is 1.26. The minimum absolute atomic E-state index is 0.0493. The monoisotopic (exact) mass is 206 g/mol. The van der Waals surface area contributed by atoms with Crippen molar-refractivity contribution in [3.63, 3.8) is 0 Å². The smallest absolute Gasteiger partial charge is 0.213 e. The first kappa shape index (κ1) is 12.4.